The Kier molecular flexibility index (Phi) is 3.72. The highest BCUT2D eigenvalue weighted by Crippen LogP contribution is 2.16. The predicted molar refractivity (Wildman–Crippen MR) is 70.8 cm³/mol. The van der Waals surface area contributed by atoms with Gasteiger partial charge in [0.25, 0.3) is 0 Å². The summed E-state index contributed by atoms with van der Waals surface area (Å²) < 4.78 is 1.87. The second-order valence-corrected chi connectivity index (χ2v) is 4.31. The van der Waals surface area contributed by atoms with Gasteiger partial charge in [-0.25, -0.2) is 9.67 Å². The first kappa shape index (κ1) is 12.7. The fourth-order valence-electron chi connectivity index (χ4n) is 2.14. The number of aromatic nitrogens is 4. The molecule has 18 heavy (non-hydrogen) atoms. The van der Waals surface area contributed by atoms with Crippen molar-refractivity contribution in [3.63, 3.8) is 0 Å². The second-order valence-electron chi connectivity index (χ2n) is 4.31. The smallest absolute Gasteiger partial charge is 0.172 e. The first-order valence-corrected chi connectivity index (χ1v) is 6.18. The topological polar surface area (TPSA) is 55.6 Å². The van der Waals surface area contributed by atoms with Gasteiger partial charge in [0.05, 0.1) is 23.8 Å². The van der Waals surface area contributed by atoms with E-state index in [0.717, 1.165) is 35.9 Å². The van der Waals surface area contributed by atoms with Gasteiger partial charge in [-0.05, 0) is 32.9 Å². The van der Waals surface area contributed by atoms with Crippen LogP contribution in [0.2, 0.25) is 0 Å². The highest BCUT2D eigenvalue weighted by Gasteiger charge is 2.11. The summed E-state index contributed by atoms with van der Waals surface area (Å²) in [5, 5.41) is 7.58. The van der Waals surface area contributed by atoms with E-state index in [2.05, 4.69) is 34.2 Å². The summed E-state index contributed by atoms with van der Waals surface area (Å²) in [7, 11) is 1.89. The maximum atomic E-state index is 4.53. The van der Waals surface area contributed by atoms with Gasteiger partial charge in [0, 0.05) is 12.2 Å². The van der Waals surface area contributed by atoms with Gasteiger partial charge >= 0.3 is 0 Å². The van der Waals surface area contributed by atoms with Crippen LogP contribution < -0.4 is 5.32 Å². The molecule has 0 fully saturated rings. The zero-order valence-electron chi connectivity index (χ0n) is 11.4. The maximum absolute atomic E-state index is 4.53. The van der Waals surface area contributed by atoms with Crippen LogP contribution in [0.25, 0.3) is 5.82 Å². The van der Waals surface area contributed by atoms with Crippen LogP contribution in [0, 0.1) is 13.8 Å². The number of rotatable bonds is 4. The normalized spacial score (nSPS) is 10.9. The Labute approximate surface area is 107 Å². The predicted octanol–water partition coefficient (Wildman–Crippen LogP) is 1.56. The van der Waals surface area contributed by atoms with Gasteiger partial charge in [-0.2, -0.15) is 5.10 Å². The van der Waals surface area contributed by atoms with Crippen LogP contribution >= 0.6 is 0 Å². The van der Waals surface area contributed by atoms with Crippen molar-refractivity contribution in [3.8, 4) is 5.82 Å². The number of hydrogen-bond donors (Lipinski definition) is 1. The monoisotopic (exact) mass is 245 g/mol. The molecule has 96 valence electrons. The number of hydrogen-bond acceptors (Lipinski definition) is 4. The van der Waals surface area contributed by atoms with Crippen molar-refractivity contribution < 1.29 is 0 Å². The molecule has 0 aliphatic heterocycles. The zero-order valence-corrected chi connectivity index (χ0v) is 11.4. The Morgan fingerprint density at radius 3 is 2.50 bits per heavy atom. The third kappa shape index (κ3) is 2.26. The largest absolute Gasteiger partial charge is 0.314 e. The van der Waals surface area contributed by atoms with Gasteiger partial charge in [0.2, 0.25) is 0 Å². The van der Waals surface area contributed by atoms with Gasteiger partial charge in [0.1, 0.15) is 0 Å². The van der Waals surface area contributed by atoms with E-state index >= 15 is 0 Å². The van der Waals surface area contributed by atoms with E-state index in [0.29, 0.717) is 0 Å². The van der Waals surface area contributed by atoms with Crippen molar-refractivity contribution in [3.05, 3.63) is 35.0 Å². The summed E-state index contributed by atoms with van der Waals surface area (Å²) in [6, 6.07) is 0. The van der Waals surface area contributed by atoms with Crippen LogP contribution in [0.4, 0.5) is 0 Å². The molecule has 2 aromatic rings. The molecule has 2 aromatic heterocycles. The molecule has 0 aliphatic rings. The molecule has 0 amide bonds. The Morgan fingerprint density at radius 2 is 2.00 bits per heavy atom. The Balaban J connectivity index is 2.36. The standard InChI is InChI=1S/C13H19N5/c1-5-12-9(2)17-18(10(12)3)13-8-15-11(6-14-4)7-16-13/h7-8,14H,5-6H2,1-4H3. The zero-order chi connectivity index (χ0) is 13.1. The lowest BCUT2D eigenvalue weighted by atomic mass is 10.1. The highest BCUT2D eigenvalue weighted by atomic mass is 15.3. The first-order valence-electron chi connectivity index (χ1n) is 6.18. The molecule has 0 saturated carbocycles. The number of nitrogens with one attached hydrogen (secondary N) is 1. The Morgan fingerprint density at radius 1 is 1.22 bits per heavy atom. The summed E-state index contributed by atoms with van der Waals surface area (Å²) in [6.07, 6.45) is 4.54. The molecule has 0 atom stereocenters. The summed E-state index contributed by atoms with van der Waals surface area (Å²) in [4.78, 5) is 8.78. The minimum absolute atomic E-state index is 0.727. The molecule has 2 rings (SSSR count). The van der Waals surface area contributed by atoms with Gasteiger partial charge in [-0.15, -0.1) is 0 Å². The van der Waals surface area contributed by atoms with E-state index in [-0.39, 0.29) is 0 Å². The van der Waals surface area contributed by atoms with Crippen LogP contribution in [0.15, 0.2) is 12.4 Å². The first-order chi connectivity index (χ1) is 8.67. The third-order valence-electron chi connectivity index (χ3n) is 3.06. The molecular formula is C13H19N5. The average Bonchev–Trinajstić information content (AvgIpc) is 2.66. The summed E-state index contributed by atoms with van der Waals surface area (Å²) >= 11 is 0. The molecule has 0 radical (unpaired) electrons. The van der Waals surface area contributed by atoms with Crippen molar-refractivity contribution in [2.75, 3.05) is 7.05 Å². The average molecular weight is 245 g/mol. The molecule has 5 nitrogen and oxygen atoms in total. The molecule has 0 spiro atoms. The van der Waals surface area contributed by atoms with Crippen LogP contribution in [-0.4, -0.2) is 26.8 Å². The summed E-state index contributed by atoms with van der Waals surface area (Å²) in [5.41, 5.74) is 4.43. The Bertz CT molecular complexity index is 527. The minimum Gasteiger partial charge on any atom is -0.314 e. The van der Waals surface area contributed by atoms with Crippen molar-refractivity contribution in [1.82, 2.24) is 25.1 Å². The van der Waals surface area contributed by atoms with Gasteiger partial charge in [0.15, 0.2) is 5.82 Å². The van der Waals surface area contributed by atoms with Crippen LogP contribution in [0.5, 0.6) is 0 Å². The van der Waals surface area contributed by atoms with Crippen LogP contribution in [-0.2, 0) is 13.0 Å². The lowest BCUT2D eigenvalue weighted by Crippen LogP contribution is -2.09. The number of nitrogens with zero attached hydrogens (tertiary/aromatic N) is 4. The minimum atomic E-state index is 0.727. The summed E-state index contributed by atoms with van der Waals surface area (Å²) in [6.45, 7) is 6.97. The molecule has 2 heterocycles. The van der Waals surface area contributed by atoms with Crippen LogP contribution in [0.3, 0.4) is 0 Å². The molecule has 0 saturated heterocycles. The fourth-order valence-corrected chi connectivity index (χ4v) is 2.14. The van der Waals surface area contributed by atoms with Crippen molar-refractivity contribution in [2.45, 2.75) is 33.7 Å². The highest BCUT2D eigenvalue weighted by molar-refractivity contribution is 5.31. The van der Waals surface area contributed by atoms with E-state index in [1.54, 1.807) is 12.4 Å². The third-order valence-corrected chi connectivity index (χ3v) is 3.06. The van der Waals surface area contributed by atoms with Gasteiger partial charge < -0.3 is 5.32 Å². The van der Waals surface area contributed by atoms with Crippen LogP contribution in [0.1, 0.15) is 29.6 Å². The van der Waals surface area contributed by atoms with Gasteiger partial charge in [-0.1, -0.05) is 6.92 Å². The molecule has 0 aromatic carbocycles. The molecular weight excluding hydrogens is 226 g/mol. The SMILES string of the molecule is CCc1c(C)nn(-c2cnc(CNC)cn2)c1C. The van der Waals surface area contributed by atoms with E-state index < -0.39 is 0 Å². The molecule has 1 N–H and O–H groups in total. The van der Waals surface area contributed by atoms with E-state index in [1.165, 1.54) is 5.56 Å². The maximum Gasteiger partial charge on any atom is 0.172 e. The summed E-state index contributed by atoms with van der Waals surface area (Å²) in [5.74, 6) is 0.773. The van der Waals surface area contributed by atoms with E-state index in [9.17, 15) is 0 Å². The molecule has 0 bridgehead atoms. The number of aryl methyl sites for hydroxylation is 1. The lowest BCUT2D eigenvalue weighted by Gasteiger charge is -2.04. The van der Waals surface area contributed by atoms with Crippen molar-refractivity contribution >= 4 is 0 Å². The molecule has 0 aliphatic carbocycles. The van der Waals surface area contributed by atoms with E-state index in [4.69, 9.17) is 0 Å². The Hall–Kier alpha value is -1.75. The fraction of sp³-hybridized carbons (Fsp3) is 0.462. The van der Waals surface area contributed by atoms with Crippen molar-refractivity contribution in [1.29, 1.82) is 0 Å². The second kappa shape index (κ2) is 5.27. The van der Waals surface area contributed by atoms with E-state index in [1.807, 2.05) is 18.7 Å². The van der Waals surface area contributed by atoms with Gasteiger partial charge in [-0.3, -0.25) is 4.98 Å². The molecule has 0 unspecified atom stereocenters. The molecule has 5 heteroatoms. The quantitative estimate of drug-likeness (QED) is 0.888. The van der Waals surface area contributed by atoms with Crippen molar-refractivity contribution in [2.24, 2.45) is 0 Å². The lowest BCUT2D eigenvalue weighted by molar-refractivity contribution is 0.760.